The van der Waals surface area contributed by atoms with Crippen LogP contribution in [0.5, 0.6) is 0 Å². The molecule has 0 aliphatic rings. The van der Waals surface area contributed by atoms with Crippen molar-refractivity contribution < 1.29 is 19.0 Å². The molecule has 118 valence electrons. The standard InChI is InChI=1S/C16H19O4PS/c1-3-20-21(19,14-8-5-4-6-9-14)16(18,12-13(2)17)15-10-7-11-22-15/h4-11,18H,3,12H2,1-2H3/t16-,21-/m1/s1. The van der Waals surface area contributed by atoms with Crippen LogP contribution in [0.4, 0.5) is 0 Å². The smallest absolute Gasteiger partial charge is 0.268 e. The number of carbonyl (C=O) groups is 1. The summed E-state index contributed by atoms with van der Waals surface area (Å²) in [6.07, 6.45) is -0.250. The summed E-state index contributed by atoms with van der Waals surface area (Å²) in [5.41, 5.74) is 0. The molecule has 22 heavy (non-hydrogen) atoms. The van der Waals surface area contributed by atoms with Crippen molar-refractivity contribution >= 4 is 29.8 Å². The molecule has 0 unspecified atom stereocenters. The molecule has 1 aromatic heterocycles. The normalized spacial score (nSPS) is 16.7. The Labute approximate surface area is 134 Å². The molecule has 2 aromatic rings. The predicted octanol–water partition coefficient (Wildman–Crippen LogP) is 3.51. The number of Topliss-reactive ketones (excluding diaryl/α,β-unsaturated/α-hetero) is 1. The van der Waals surface area contributed by atoms with Gasteiger partial charge in [0.05, 0.1) is 6.61 Å². The summed E-state index contributed by atoms with van der Waals surface area (Å²) in [5.74, 6) is -0.244. The van der Waals surface area contributed by atoms with Crippen LogP contribution in [0.25, 0.3) is 0 Å². The van der Waals surface area contributed by atoms with Crippen molar-refractivity contribution in [3.05, 3.63) is 52.7 Å². The Morgan fingerprint density at radius 3 is 2.45 bits per heavy atom. The summed E-state index contributed by atoms with van der Waals surface area (Å²) in [7, 11) is -3.69. The highest BCUT2D eigenvalue weighted by molar-refractivity contribution is 7.68. The van der Waals surface area contributed by atoms with Crippen molar-refractivity contribution in [2.24, 2.45) is 0 Å². The molecule has 2 atom stereocenters. The molecule has 0 saturated heterocycles. The van der Waals surface area contributed by atoms with Gasteiger partial charge in [-0.25, -0.2) is 0 Å². The molecule has 0 aliphatic carbocycles. The first-order valence-corrected chi connectivity index (χ1v) is 9.50. The Kier molecular flexibility index (Phi) is 5.35. The van der Waals surface area contributed by atoms with Gasteiger partial charge in [-0.05, 0) is 37.4 Å². The third kappa shape index (κ3) is 3.08. The van der Waals surface area contributed by atoms with Gasteiger partial charge in [-0.2, -0.15) is 0 Å². The third-order valence-corrected chi connectivity index (χ3v) is 7.45. The van der Waals surface area contributed by atoms with Gasteiger partial charge in [-0.15, -0.1) is 11.3 Å². The van der Waals surface area contributed by atoms with E-state index in [9.17, 15) is 14.5 Å². The lowest BCUT2D eigenvalue weighted by atomic mass is 10.1. The number of benzene rings is 1. The van der Waals surface area contributed by atoms with E-state index in [-0.39, 0.29) is 18.8 Å². The van der Waals surface area contributed by atoms with E-state index in [4.69, 9.17) is 4.52 Å². The van der Waals surface area contributed by atoms with Crippen LogP contribution in [0, 0.1) is 0 Å². The van der Waals surface area contributed by atoms with Gasteiger partial charge in [0, 0.05) is 16.6 Å². The molecular weight excluding hydrogens is 319 g/mol. The maximum atomic E-state index is 13.7. The van der Waals surface area contributed by atoms with Crippen LogP contribution >= 0.6 is 18.7 Å². The van der Waals surface area contributed by atoms with E-state index in [1.807, 2.05) is 0 Å². The fourth-order valence-electron chi connectivity index (χ4n) is 2.39. The fourth-order valence-corrected chi connectivity index (χ4v) is 6.14. The zero-order valence-corrected chi connectivity index (χ0v) is 14.3. The molecule has 0 amide bonds. The maximum Gasteiger partial charge on any atom is 0.268 e. The second-order valence-corrected chi connectivity index (χ2v) is 8.54. The highest BCUT2D eigenvalue weighted by Crippen LogP contribution is 2.64. The molecular formula is C16H19O4PS. The van der Waals surface area contributed by atoms with Crippen LogP contribution in [0.3, 0.4) is 0 Å². The number of carbonyl (C=O) groups excluding carboxylic acids is 1. The minimum atomic E-state index is -3.69. The second-order valence-electron chi connectivity index (χ2n) is 4.98. The molecule has 1 N–H and O–H groups in total. The monoisotopic (exact) mass is 338 g/mol. The lowest BCUT2D eigenvalue weighted by Gasteiger charge is -2.34. The Bertz CT molecular complexity index is 669. The zero-order chi connectivity index (χ0) is 16.2. The van der Waals surface area contributed by atoms with Crippen molar-refractivity contribution in [3.63, 3.8) is 0 Å². The van der Waals surface area contributed by atoms with Gasteiger partial charge >= 0.3 is 0 Å². The van der Waals surface area contributed by atoms with Crippen molar-refractivity contribution in [1.82, 2.24) is 0 Å². The SMILES string of the molecule is CCO[P@](=O)(c1ccccc1)[C@](O)(CC(C)=O)c1cccs1. The topological polar surface area (TPSA) is 63.6 Å². The fraction of sp³-hybridized carbons (Fsp3) is 0.312. The first-order valence-electron chi connectivity index (χ1n) is 7.00. The average molecular weight is 338 g/mol. The van der Waals surface area contributed by atoms with Crippen LogP contribution in [0.15, 0.2) is 47.8 Å². The van der Waals surface area contributed by atoms with E-state index < -0.39 is 12.7 Å². The number of aliphatic hydroxyl groups is 1. The summed E-state index contributed by atoms with van der Waals surface area (Å²) in [6.45, 7) is 3.27. The number of thiophene rings is 1. The highest BCUT2D eigenvalue weighted by Gasteiger charge is 2.52. The molecule has 0 radical (unpaired) electrons. The first-order chi connectivity index (χ1) is 10.4. The predicted molar refractivity (Wildman–Crippen MR) is 88.8 cm³/mol. The van der Waals surface area contributed by atoms with E-state index in [1.165, 1.54) is 18.3 Å². The van der Waals surface area contributed by atoms with Crippen LogP contribution in [-0.2, 0) is 19.2 Å². The van der Waals surface area contributed by atoms with Crippen molar-refractivity contribution in [1.29, 1.82) is 0 Å². The van der Waals surface area contributed by atoms with Crippen molar-refractivity contribution in [3.8, 4) is 0 Å². The van der Waals surface area contributed by atoms with E-state index in [0.29, 0.717) is 10.2 Å². The van der Waals surface area contributed by atoms with Crippen molar-refractivity contribution in [2.45, 2.75) is 25.6 Å². The molecule has 1 heterocycles. The van der Waals surface area contributed by atoms with E-state index in [0.717, 1.165) is 0 Å². The largest absolute Gasteiger partial charge is 0.374 e. The zero-order valence-electron chi connectivity index (χ0n) is 12.6. The van der Waals surface area contributed by atoms with Gasteiger partial charge in [-0.1, -0.05) is 24.3 Å². The van der Waals surface area contributed by atoms with Gasteiger partial charge in [0.1, 0.15) is 5.78 Å². The average Bonchev–Trinajstić information content (AvgIpc) is 3.02. The molecule has 0 saturated carbocycles. The molecule has 6 heteroatoms. The van der Waals surface area contributed by atoms with Gasteiger partial charge in [-0.3, -0.25) is 9.36 Å². The van der Waals surface area contributed by atoms with Crippen LogP contribution in [0.1, 0.15) is 25.1 Å². The van der Waals surface area contributed by atoms with E-state index in [1.54, 1.807) is 54.8 Å². The molecule has 4 nitrogen and oxygen atoms in total. The van der Waals surface area contributed by atoms with Crippen LogP contribution < -0.4 is 5.30 Å². The second kappa shape index (κ2) is 6.88. The quantitative estimate of drug-likeness (QED) is 0.785. The summed E-state index contributed by atoms with van der Waals surface area (Å²) >= 11 is 1.26. The minimum Gasteiger partial charge on any atom is -0.374 e. The molecule has 0 spiro atoms. The number of ketones is 1. The Hall–Kier alpha value is -1.26. The summed E-state index contributed by atoms with van der Waals surface area (Å²) in [4.78, 5) is 12.2. The van der Waals surface area contributed by atoms with Gasteiger partial charge in [0.15, 0.2) is 5.34 Å². The first kappa shape index (κ1) is 17.1. The number of hydrogen-bond donors (Lipinski definition) is 1. The molecule has 0 bridgehead atoms. The molecule has 1 aromatic carbocycles. The Morgan fingerprint density at radius 2 is 1.95 bits per heavy atom. The Balaban J connectivity index is 2.65. The van der Waals surface area contributed by atoms with Gasteiger partial charge < -0.3 is 9.63 Å². The summed E-state index contributed by atoms with van der Waals surface area (Å²) in [5, 5.41) is 11.6. The van der Waals surface area contributed by atoms with Crippen molar-refractivity contribution in [2.75, 3.05) is 6.61 Å². The summed E-state index contributed by atoms with van der Waals surface area (Å²) < 4.78 is 19.2. The summed E-state index contributed by atoms with van der Waals surface area (Å²) in [6, 6.07) is 12.0. The maximum absolute atomic E-state index is 13.7. The van der Waals surface area contributed by atoms with E-state index in [2.05, 4.69) is 0 Å². The van der Waals surface area contributed by atoms with Gasteiger partial charge in [0.2, 0.25) is 0 Å². The lowest BCUT2D eigenvalue weighted by molar-refractivity contribution is -0.120. The minimum absolute atomic E-state index is 0.178. The number of hydrogen-bond acceptors (Lipinski definition) is 5. The third-order valence-electron chi connectivity index (χ3n) is 3.31. The van der Waals surface area contributed by atoms with Gasteiger partial charge in [0.25, 0.3) is 7.37 Å². The number of rotatable bonds is 7. The Morgan fingerprint density at radius 1 is 1.27 bits per heavy atom. The van der Waals surface area contributed by atoms with Crippen LogP contribution in [-0.4, -0.2) is 17.5 Å². The molecule has 0 fully saturated rings. The molecule has 2 rings (SSSR count). The molecule has 0 aliphatic heterocycles. The lowest BCUT2D eigenvalue weighted by Crippen LogP contribution is -2.33. The van der Waals surface area contributed by atoms with Crippen LogP contribution in [0.2, 0.25) is 0 Å². The van der Waals surface area contributed by atoms with E-state index >= 15 is 0 Å². The highest BCUT2D eigenvalue weighted by atomic mass is 32.1.